The molecule has 0 saturated heterocycles. The number of carbonyl (C=O) groups excluding carboxylic acids is 1. The molecule has 1 aromatic carbocycles. The number of rotatable bonds is 9. The lowest BCUT2D eigenvalue weighted by molar-refractivity contribution is -0.113. The molecule has 1 aliphatic carbocycles. The number of hydrogen-bond acceptors (Lipinski definition) is 7. The molecule has 0 fully saturated rings. The van der Waals surface area contributed by atoms with Crippen LogP contribution in [0.3, 0.4) is 0 Å². The van der Waals surface area contributed by atoms with Gasteiger partial charge in [-0.2, -0.15) is 5.26 Å². The van der Waals surface area contributed by atoms with Crippen LogP contribution < -0.4 is 10.1 Å². The number of amides is 1. The number of anilines is 1. The second-order valence-corrected chi connectivity index (χ2v) is 10.8. The first kappa shape index (κ1) is 25.3. The molecule has 3 aromatic rings. The molecule has 7 nitrogen and oxygen atoms in total. The van der Waals surface area contributed by atoms with Gasteiger partial charge in [-0.05, 0) is 62.8 Å². The summed E-state index contributed by atoms with van der Waals surface area (Å²) in [4.78, 5) is 14.0. The highest BCUT2D eigenvalue weighted by molar-refractivity contribution is 7.99. The zero-order valence-electron chi connectivity index (χ0n) is 19.6. The molecule has 0 saturated carbocycles. The number of carbonyl (C=O) groups is 1. The second kappa shape index (κ2) is 11.3. The molecule has 35 heavy (non-hydrogen) atoms. The Bertz CT molecular complexity index is 1290. The van der Waals surface area contributed by atoms with Crippen LogP contribution in [0, 0.1) is 18.3 Å². The van der Waals surface area contributed by atoms with E-state index in [1.807, 2.05) is 30.5 Å². The molecule has 1 unspecified atom stereocenters. The van der Waals surface area contributed by atoms with Crippen molar-refractivity contribution < 1.29 is 9.53 Å². The Morgan fingerprint density at radius 2 is 2.23 bits per heavy atom. The first-order valence-electron chi connectivity index (χ1n) is 11.3. The molecule has 1 aliphatic rings. The van der Waals surface area contributed by atoms with Crippen molar-refractivity contribution in [2.45, 2.75) is 57.3 Å². The Labute approximate surface area is 218 Å². The summed E-state index contributed by atoms with van der Waals surface area (Å²) in [6.07, 6.45) is 5.42. The Morgan fingerprint density at radius 3 is 3.00 bits per heavy atom. The van der Waals surface area contributed by atoms with E-state index in [-0.39, 0.29) is 11.7 Å². The zero-order valence-corrected chi connectivity index (χ0v) is 22.0. The van der Waals surface area contributed by atoms with Gasteiger partial charge in [0.1, 0.15) is 16.8 Å². The number of nitriles is 1. The molecule has 4 rings (SSSR count). The standard InChI is InChI=1S/C25H26ClN5O2S2/c1-4-11-31-23(16(3)33-20-12-15(2)9-10-19(20)26)29-30-25(31)34-14-22(32)28-24-18(13-27)17-7-5-6-8-21(17)35-24/h4,9-10,12,16H,1,5-8,11,14H2,2-3H3,(H,28,32). The van der Waals surface area contributed by atoms with E-state index in [2.05, 4.69) is 28.2 Å². The number of thioether (sulfide) groups is 1. The number of aromatic nitrogens is 3. The lowest BCUT2D eigenvalue weighted by Crippen LogP contribution is -2.15. The van der Waals surface area contributed by atoms with E-state index in [4.69, 9.17) is 16.3 Å². The molecule has 1 N–H and O–H groups in total. The zero-order chi connectivity index (χ0) is 24.9. The van der Waals surface area contributed by atoms with Gasteiger partial charge >= 0.3 is 0 Å². The molecule has 0 spiro atoms. The maximum absolute atomic E-state index is 12.7. The molecule has 0 aliphatic heterocycles. The molecule has 1 atom stereocenters. The van der Waals surface area contributed by atoms with Crippen molar-refractivity contribution in [2.24, 2.45) is 0 Å². The van der Waals surface area contributed by atoms with Crippen molar-refractivity contribution in [2.75, 3.05) is 11.1 Å². The minimum absolute atomic E-state index is 0.141. The van der Waals surface area contributed by atoms with Crippen LogP contribution in [-0.4, -0.2) is 26.4 Å². The number of thiophene rings is 1. The van der Waals surface area contributed by atoms with Crippen molar-refractivity contribution in [3.63, 3.8) is 0 Å². The van der Waals surface area contributed by atoms with Gasteiger partial charge in [0.05, 0.1) is 16.3 Å². The van der Waals surface area contributed by atoms with E-state index < -0.39 is 6.10 Å². The van der Waals surface area contributed by atoms with Crippen LogP contribution in [0.4, 0.5) is 5.00 Å². The van der Waals surface area contributed by atoms with Crippen molar-refractivity contribution in [1.82, 2.24) is 14.8 Å². The predicted molar refractivity (Wildman–Crippen MR) is 140 cm³/mol. The van der Waals surface area contributed by atoms with E-state index in [0.717, 1.165) is 36.8 Å². The van der Waals surface area contributed by atoms with Crippen LogP contribution in [0.15, 0.2) is 36.0 Å². The summed E-state index contributed by atoms with van der Waals surface area (Å²) in [6, 6.07) is 7.88. The van der Waals surface area contributed by atoms with Gasteiger partial charge in [0.15, 0.2) is 17.1 Å². The molecule has 2 heterocycles. The average molecular weight is 528 g/mol. The van der Waals surface area contributed by atoms with Crippen molar-refractivity contribution in [3.8, 4) is 11.8 Å². The molecular formula is C25H26ClN5O2S2. The number of halogens is 1. The summed E-state index contributed by atoms with van der Waals surface area (Å²) in [5.74, 6) is 1.15. The molecule has 1 amide bonds. The van der Waals surface area contributed by atoms with Gasteiger partial charge in [0, 0.05) is 11.4 Å². The quantitative estimate of drug-likeness (QED) is 0.266. The van der Waals surface area contributed by atoms with Gasteiger partial charge in [-0.25, -0.2) is 0 Å². The normalized spacial score (nSPS) is 13.5. The fraction of sp³-hybridized carbons (Fsp3) is 0.360. The summed E-state index contributed by atoms with van der Waals surface area (Å²) in [7, 11) is 0. The highest BCUT2D eigenvalue weighted by atomic mass is 35.5. The van der Waals surface area contributed by atoms with Gasteiger partial charge in [-0.3, -0.25) is 9.36 Å². The number of benzene rings is 1. The fourth-order valence-corrected chi connectivity index (χ4v) is 6.19. The molecule has 0 bridgehead atoms. The number of nitrogens with zero attached hydrogens (tertiary/aromatic N) is 4. The maximum Gasteiger partial charge on any atom is 0.235 e. The third-order valence-corrected chi connectivity index (χ3v) is 8.17. The van der Waals surface area contributed by atoms with Crippen LogP contribution in [0.2, 0.25) is 5.02 Å². The Hall–Kier alpha value is -2.80. The first-order chi connectivity index (χ1) is 16.9. The van der Waals surface area contributed by atoms with Gasteiger partial charge < -0.3 is 10.1 Å². The summed E-state index contributed by atoms with van der Waals surface area (Å²) >= 11 is 9.09. The summed E-state index contributed by atoms with van der Waals surface area (Å²) in [6.45, 7) is 8.15. The largest absolute Gasteiger partial charge is 0.481 e. The summed E-state index contributed by atoms with van der Waals surface area (Å²) < 4.78 is 7.95. The molecule has 10 heteroatoms. The van der Waals surface area contributed by atoms with E-state index in [0.29, 0.717) is 38.9 Å². The van der Waals surface area contributed by atoms with Gasteiger partial charge in [0.25, 0.3) is 0 Å². The summed E-state index contributed by atoms with van der Waals surface area (Å²) in [5.41, 5.74) is 2.75. The topological polar surface area (TPSA) is 92.8 Å². The van der Waals surface area contributed by atoms with Gasteiger partial charge in [0.2, 0.25) is 5.91 Å². The number of aryl methyl sites for hydroxylation is 2. The SMILES string of the molecule is C=CCn1c(SCC(=O)Nc2sc3c(c2C#N)CCCC3)nnc1C(C)Oc1cc(C)ccc1Cl. The third-order valence-electron chi connectivity index (χ3n) is 5.68. The Morgan fingerprint density at radius 1 is 1.43 bits per heavy atom. The Balaban J connectivity index is 1.45. The Kier molecular flexibility index (Phi) is 8.16. The van der Waals surface area contributed by atoms with Crippen molar-refractivity contribution >= 4 is 45.6 Å². The van der Waals surface area contributed by atoms with Crippen LogP contribution >= 0.6 is 34.7 Å². The van der Waals surface area contributed by atoms with E-state index >= 15 is 0 Å². The van der Waals surface area contributed by atoms with Crippen LogP contribution in [0.25, 0.3) is 0 Å². The highest BCUT2D eigenvalue weighted by Gasteiger charge is 2.23. The van der Waals surface area contributed by atoms with E-state index in [1.54, 1.807) is 12.1 Å². The van der Waals surface area contributed by atoms with Crippen LogP contribution in [0.1, 0.15) is 53.3 Å². The van der Waals surface area contributed by atoms with Crippen molar-refractivity contribution in [1.29, 1.82) is 5.26 Å². The molecule has 0 radical (unpaired) electrons. The first-order valence-corrected chi connectivity index (χ1v) is 13.5. The van der Waals surface area contributed by atoms with Crippen molar-refractivity contribution in [3.05, 3.63) is 63.3 Å². The van der Waals surface area contributed by atoms with Crippen LogP contribution in [-0.2, 0) is 24.2 Å². The lowest BCUT2D eigenvalue weighted by Gasteiger charge is -2.17. The smallest absolute Gasteiger partial charge is 0.235 e. The lowest BCUT2D eigenvalue weighted by atomic mass is 9.96. The monoisotopic (exact) mass is 527 g/mol. The predicted octanol–water partition coefficient (Wildman–Crippen LogP) is 6.11. The molecule has 2 aromatic heterocycles. The molecular weight excluding hydrogens is 502 g/mol. The number of nitrogens with one attached hydrogen (secondary N) is 1. The second-order valence-electron chi connectivity index (χ2n) is 8.30. The minimum Gasteiger partial charge on any atom is -0.481 e. The third kappa shape index (κ3) is 5.72. The number of allylic oxidation sites excluding steroid dienone is 1. The van der Waals surface area contributed by atoms with Gasteiger partial charge in [-0.1, -0.05) is 35.5 Å². The molecule has 182 valence electrons. The number of fused-ring (bicyclic) bond motifs is 1. The van der Waals surface area contributed by atoms with E-state index in [9.17, 15) is 10.1 Å². The fourth-order valence-electron chi connectivity index (χ4n) is 4.02. The maximum atomic E-state index is 12.7. The minimum atomic E-state index is -0.416. The summed E-state index contributed by atoms with van der Waals surface area (Å²) in [5, 5.41) is 22.9. The number of ether oxygens (including phenoxy) is 1. The van der Waals surface area contributed by atoms with Crippen LogP contribution in [0.5, 0.6) is 5.75 Å². The highest BCUT2D eigenvalue weighted by Crippen LogP contribution is 2.38. The average Bonchev–Trinajstić information content (AvgIpc) is 3.40. The number of hydrogen-bond donors (Lipinski definition) is 1. The van der Waals surface area contributed by atoms with E-state index in [1.165, 1.54) is 28.0 Å². The van der Waals surface area contributed by atoms with Gasteiger partial charge in [-0.15, -0.1) is 28.1 Å².